The van der Waals surface area contributed by atoms with Gasteiger partial charge in [-0.1, -0.05) is 18.2 Å². The lowest BCUT2D eigenvalue weighted by molar-refractivity contribution is 0.0692. The van der Waals surface area contributed by atoms with Gasteiger partial charge in [0, 0.05) is 0 Å². The Morgan fingerprint density at radius 3 is 2.20 bits per heavy atom. The number of hydrogen-bond acceptors (Lipinski definition) is 3. The number of rotatable bonds is 4. The topological polar surface area (TPSA) is 63.6 Å². The molecule has 0 saturated heterocycles. The van der Waals surface area contributed by atoms with Crippen molar-refractivity contribution in [2.75, 3.05) is 0 Å². The van der Waals surface area contributed by atoms with Crippen LogP contribution in [0.15, 0.2) is 42.5 Å². The Balaban J connectivity index is 2.56. The van der Waals surface area contributed by atoms with Crippen LogP contribution < -0.4 is 4.74 Å². The van der Waals surface area contributed by atoms with Crippen LogP contribution in [0.3, 0.4) is 0 Å². The zero-order valence-corrected chi connectivity index (χ0v) is 10.6. The van der Waals surface area contributed by atoms with Crippen LogP contribution in [0.5, 0.6) is 11.5 Å². The van der Waals surface area contributed by atoms with E-state index in [-0.39, 0.29) is 16.9 Å². The number of carbonyl (C=O) groups is 2. The van der Waals surface area contributed by atoms with E-state index in [1.807, 2.05) is 0 Å². The van der Waals surface area contributed by atoms with Gasteiger partial charge in [-0.25, -0.2) is 9.18 Å². The molecule has 0 aliphatic heterocycles. The number of carbonyl (C=O) groups excluding carboxylic acids is 1. The first-order valence-electron chi connectivity index (χ1n) is 5.80. The highest BCUT2D eigenvalue weighted by molar-refractivity contribution is 5.98. The van der Waals surface area contributed by atoms with Gasteiger partial charge in [0.05, 0.1) is 5.56 Å². The van der Waals surface area contributed by atoms with Crippen molar-refractivity contribution < 1.29 is 23.8 Å². The third-order valence-electron chi connectivity index (χ3n) is 2.67. The number of carboxylic acid groups (broad SMARTS) is 1. The maximum Gasteiger partial charge on any atom is 0.339 e. The maximum absolute atomic E-state index is 14.2. The number of ether oxygens (including phenoxy) is 1. The first-order valence-corrected chi connectivity index (χ1v) is 5.80. The fourth-order valence-corrected chi connectivity index (χ4v) is 1.70. The number of hydrogen-bond donors (Lipinski definition) is 1. The summed E-state index contributed by atoms with van der Waals surface area (Å²) in [6.07, 6.45) is 0. The van der Waals surface area contributed by atoms with Gasteiger partial charge in [-0.2, -0.15) is 0 Å². The predicted molar refractivity (Wildman–Crippen MR) is 69.9 cm³/mol. The fourth-order valence-electron chi connectivity index (χ4n) is 1.70. The SMILES string of the molecule is CC(=O)c1ccc(C(=O)O)c(Oc2ccccc2)c1F. The smallest absolute Gasteiger partial charge is 0.339 e. The zero-order chi connectivity index (χ0) is 14.7. The predicted octanol–water partition coefficient (Wildman–Crippen LogP) is 3.52. The Hall–Kier alpha value is -2.69. The van der Waals surface area contributed by atoms with E-state index in [2.05, 4.69) is 0 Å². The van der Waals surface area contributed by atoms with E-state index < -0.39 is 23.3 Å². The first kappa shape index (κ1) is 13.7. The molecule has 20 heavy (non-hydrogen) atoms. The van der Waals surface area contributed by atoms with Gasteiger partial charge in [0.1, 0.15) is 11.3 Å². The highest BCUT2D eigenvalue weighted by Crippen LogP contribution is 2.30. The molecule has 0 aromatic heterocycles. The minimum Gasteiger partial charge on any atom is -0.478 e. The lowest BCUT2D eigenvalue weighted by Crippen LogP contribution is -2.06. The standard InChI is InChI=1S/C15H11FO4/c1-9(17)11-7-8-12(15(18)19)14(13(11)16)20-10-5-3-2-4-6-10/h2-8H,1H3,(H,18,19). The molecule has 4 nitrogen and oxygen atoms in total. The number of benzene rings is 2. The Morgan fingerprint density at radius 1 is 1.05 bits per heavy atom. The molecule has 0 fully saturated rings. The number of ketones is 1. The lowest BCUT2D eigenvalue weighted by Gasteiger charge is -2.11. The van der Waals surface area contributed by atoms with Crippen LogP contribution in [0.25, 0.3) is 0 Å². The Morgan fingerprint density at radius 2 is 1.65 bits per heavy atom. The summed E-state index contributed by atoms with van der Waals surface area (Å²) in [6, 6.07) is 10.5. The van der Waals surface area contributed by atoms with Crippen molar-refractivity contribution in [1.82, 2.24) is 0 Å². The average molecular weight is 274 g/mol. The van der Waals surface area contributed by atoms with Crippen LogP contribution in [-0.4, -0.2) is 16.9 Å². The molecule has 0 amide bonds. The zero-order valence-electron chi connectivity index (χ0n) is 10.6. The summed E-state index contributed by atoms with van der Waals surface area (Å²) in [6.45, 7) is 1.20. The molecule has 1 N–H and O–H groups in total. The molecule has 5 heteroatoms. The van der Waals surface area contributed by atoms with Crippen molar-refractivity contribution in [2.45, 2.75) is 6.92 Å². The average Bonchev–Trinajstić information content (AvgIpc) is 2.41. The molecule has 2 aromatic rings. The largest absolute Gasteiger partial charge is 0.478 e. The van der Waals surface area contributed by atoms with Gasteiger partial charge in [-0.15, -0.1) is 0 Å². The number of Topliss-reactive ketones (excluding diaryl/α,β-unsaturated/α-hetero) is 1. The molecule has 0 aliphatic rings. The van der Waals surface area contributed by atoms with Crippen LogP contribution >= 0.6 is 0 Å². The Labute approximate surface area is 114 Å². The molecule has 2 rings (SSSR count). The summed E-state index contributed by atoms with van der Waals surface area (Å²) in [5.74, 6) is -2.98. The van der Waals surface area contributed by atoms with Crippen molar-refractivity contribution >= 4 is 11.8 Å². The molecule has 2 aromatic carbocycles. The number of carboxylic acids is 1. The summed E-state index contributed by atoms with van der Waals surface area (Å²) in [7, 11) is 0. The summed E-state index contributed by atoms with van der Waals surface area (Å²) in [5.41, 5.74) is -0.544. The fraction of sp³-hybridized carbons (Fsp3) is 0.0667. The molecule has 0 spiro atoms. The highest BCUT2D eigenvalue weighted by Gasteiger charge is 2.21. The molecule has 0 radical (unpaired) electrons. The molecule has 0 heterocycles. The van der Waals surface area contributed by atoms with Crippen LogP contribution in [0.4, 0.5) is 4.39 Å². The third-order valence-corrected chi connectivity index (χ3v) is 2.67. The van der Waals surface area contributed by atoms with Crippen LogP contribution in [-0.2, 0) is 0 Å². The summed E-state index contributed by atoms with van der Waals surface area (Å²) < 4.78 is 19.5. The number of aromatic carboxylic acids is 1. The van der Waals surface area contributed by atoms with E-state index in [1.54, 1.807) is 30.3 Å². The van der Waals surface area contributed by atoms with Crippen molar-refractivity contribution in [1.29, 1.82) is 0 Å². The summed E-state index contributed by atoms with van der Waals surface area (Å²) in [5, 5.41) is 9.07. The minimum absolute atomic E-state index is 0.207. The van der Waals surface area contributed by atoms with Gasteiger partial charge in [0.25, 0.3) is 0 Å². The molecule has 0 atom stereocenters. The van der Waals surface area contributed by atoms with E-state index in [1.165, 1.54) is 6.92 Å². The molecule has 0 bridgehead atoms. The molecule has 0 unspecified atom stereocenters. The monoisotopic (exact) mass is 274 g/mol. The maximum atomic E-state index is 14.2. The molecule has 0 saturated carbocycles. The normalized spacial score (nSPS) is 10.1. The first-order chi connectivity index (χ1) is 9.50. The van der Waals surface area contributed by atoms with E-state index in [4.69, 9.17) is 9.84 Å². The van der Waals surface area contributed by atoms with Crippen LogP contribution in [0, 0.1) is 5.82 Å². The van der Waals surface area contributed by atoms with Crippen LogP contribution in [0.2, 0.25) is 0 Å². The Kier molecular flexibility index (Phi) is 3.79. The quantitative estimate of drug-likeness (QED) is 0.866. The van der Waals surface area contributed by atoms with E-state index in [0.29, 0.717) is 0 Å². The van der Waals surface area contributed by atoms with Gasteiger partial charge >= 0.3 is 5.97 Å². The summed E-state index contributed by atoms with van der Waals surface area (Å²) in [4.78, 5) is 22.4. The van der Waals surface area contributed by atoms with Crippen molar-refractivity contribution in [2.24, 2.45) is 0 Å². The van der Waals surface area contributed by atoms with Crippen molar-refractivity contribution in [3.8, 4) is 11.5 Å². The second kappa shape index (κ2) is 5.52. The van der Waals surface area contributed by atoms with Gasteiger partial charge < -0.3 is 9.84 Å². The number of halogens is 1. The van der Waals surface area contributed by atoms with Crippen LogP contribution in [0.1, 0.15) is 27.6 Å². The molecule has 102 valence electrons. The second-order valence-corrected chi connectivity index (χ2v) is 4.08. The van der Waals surface area contributed by atoms with Gasteiger partial charge in [0.15, 0.2) is 17.3 Å². The Bertz CT molecular complexity index is 665. The van der Waals surface area contributed by atoms with Crippen molar-refractivity contribution in [3.63, 3.8) is 0 Å². The van der Waals surface area contributed by atoms with Gasteiger partial charge in [-0.3, -0.25) is 4.79 Å². The minimum atomic E-state index is -1.33. The van der Waals surface area contributed by atoms with Crippen molar-refractivity contribution in [3.05, 3.63) is 59.4 Å². The second-order valence-electron chi connectivity index (χ2n) is 4.08. The third kappa shape index (κ3) is 2.66. The van der Waals surface area contributed by atoms with Gasteiger partial charge in [0.2, 0.25) is 0 Å². The van der Waals surface area contributed by atoms with Gasteiger partial charge in [-0.05, 0) is 31.2 Å². The highest BCUT2D eigenvalue weighted by atomic mass is 19.1. The van der Waals surface area contributed by atoms with E-state index in [0.717, 1.165) is 12.1 Å². The van der Waals surface area contributed by atoms with E-state index in [9.17, 15) is 14.0 Å². The molecular weight excluding hydrogens is 263 g/mol. The molecule has 0 aliphatic carbocycles. The lowest BCUT2D eigenvalue weighted by atomic mass is 10.1. The molecular formula is C15H11FO4. The van der Waals surface area contributed by atoms with E-state index >= 15 is 0 Å². The summed E-state index contributed by atoms with van der Waals surface area (Å²) >= 11 is 0. The number of para-hydroxylation sites is 1.